The summed E-state index contributed by atoms with van der Waals surface area (Å²) in [6.45, 7) is 3.82. The van der Waals surface area contributed by atoms with Gasteiger partial charge in [-0.15, -0.1) is 0 Å². The summed E-state index contributed by atoms with van der Waals surface area (Å²) in [4.78, 5) is 13.2. The van der Waals surface area contributed by atoms with Crippen LogP contribution in [0.15, 0.2) is 48.6 Å². The zero-order valence-corrected chi connectivity index (χ0v) is 56.8. The number of allylic oxidation sites excluding steroid dienone is 7. The van der Waals surface area contributed by atoms with Crippen molar-refractivity contribution in [1.82, 2.24) is 5.32 Å². The Morgan fingerprint density at radius 2 is 0.686 bits per heavy atom. The van der Waals surface area contributed by atoms with Crippen LogP contribution < -0.4 is 5.32 Å². The minimum absolute atomic E-state index is 0.170. The van der Waals surface area contributed by atoms with Crippen molar-refractivity contribution in [2.24, 2.45) is 0 Å². The van der Waals surface area contributed by atoms with Gasteiger partial charge in [-0.2, -0.15) is 0 Å². The fourth-order valence-electron chi connectivity index (χ4n) is 12.2. The third-order valence-corrected chi connectivity index (χ3v) is 18.1. The molecule has 0 aromatic heterocycles. The molecule has 1 heterocycles. The van der Waals surface area contributed by atoms with E-state index in [0.717, 1.165) is 51.4 Å². The molecule has 0 saturated carbocycles. The highest BCUT2D eigenvalue weighted by atomic mass is 16.7. The van der Waals surface area contributed by atoms with Gasteiger partial charge in [0.25, 0.3) is 0 Å². The first-order valence-corrected chi connectivity index (χ1v) is 37.9. The lowest BCUT2D eigenvalue weighted by molar-refractivity contribution is -0.302. The molecule has 6 N–H and O–H groups in total. The van der Waals surface area contributed by atoms with E-state index in [2.05, 4.69) is 55.6 Å². The van der Waals surface area contributed by atoms with Crippen LogP contribution in [0.25, 0.3) is 0 Å². The number of nitrogens with one attached hydrogen (secondary N) is 1. The lowest BCUT2D eigenvalue weighted by atomic mass is 9.99. The van der Waals surface area contributed by atoms with Gasteiger partial charge in [-0.1, -0.05) is 364 Å². The van der Waals surface area contributed by atoms with Gasteiger partial charge in [0.05, 0.1) is 25.4 Å². The van der Waals surface area contributed by atoms with Crippen molar-refractivity contribution in [2.45, 2.75) is 423 Å². The third-order valence-electron chi connectivity index (χ3n) is 18.1. The van der Waals surface area contributed by atoms with Crippen LogP contribution in [-0.2, 0) is 14.3 Å². The molecule has 1 saturated heterocycles. The normalized spacial score (nSPS) is 18.2. The number of rotatable bonds is 67. The molecule has 1 aliphatic heterocycles. The van der Waals surface area contributed by atoms with Crippen LogP contribution in [-0.4, -0.2) is 87.5 Å². The molecule has 86 heavy (non-hydrogen) atoms. The van der Waals surface area contributed by atoms with Gasteiger partial charge in [0, 0.05) is 6.42 Å². The predicted molar refractivity (Wildman–Crippen MR) is 369 cm³/mol. The number of ether oxygens (including phenoxy) is 2. The summed E-state index contributed by atoms with van der Waals surface area (Å²) in [5, 5.41) is 54.9. The van der Waals surface area contributed by atoms with Gasteiger partial charge in [-0.3, -0.25) is 4.79 Å². The molecule has 506 valence electrons. The Bertz CT molecular complexity index is 1500. The zero-order chi connectivity index (χ0) is 62.1. The standard InChI is InChI=1S/C77H145NO8/c1-3-5-7-9-11-13-15-17-19-21-23-25-27-29-31-33-35-36-37-39-41-43-45-47-49-51-53-55-57-59-61-63-65-67-73(81)78-70(69-85-77-76(84)75(83)74(82)72(68-79)86-77)71(80)66-64-62-60-58-56-54-52-50-48-46-44-42-40-38-34-32-30-28-26-24-22-20-18-16-14-12-10-8-6-4-2/h15,17,21,23,27,29,64,66,70-72,74-77,79-80,82-84H,3-14,16,18-20,22,24-26,28,30-63,65,67-69H2,1-2H3,(H,78,81)/b17-15-,23-21-,29-27-,66-64+. The van der Waals surface area contributed by atoms with E-state index >= 15 is 0 Å². The zero-order valence-electron chi connectivity index (χ0n) is 56.8. The summed E-state index contributed by atoms with van der Waals surface area (Å²) in [5.41, 5.74) is 0. The van der Waals surface area contributed by atoms with Crippen molar-refractivity contribution in [3.8, 4) is 0 Å². The number of unbranched alkanes of at least 4 members (excludes halogenated alkanes) is 51. The number of hydrogen-bond acceptors (Lipinski definition) is 8. The lowest BCUT2D eigenvalue weighted by Crippen LogP contribution is -2.60. The predicted octanol–water partition coefficient (Wildman–Crippen LogP) is 21.1. The number of carbonyl (C=O) groups is 1. The van der Waals surface area contributed by atoms with Crippen molar-refractivity contribution >= 4 is 5.91 Å². The Kier molecular flexibility index (Phi) is 63.1. The number of hydrogen-bond donors (Lipinski definition) is 6. The SMILES string of the molecule is CCCCCCC/C=C\C/C=C\C/C=C\CCCCCCCCCCCCCCCCCCCCC(=O)NC(COC1OC(CO)C(O)C(O)C1O)C(O)/C=C/CCCCCCCCCCCCCCCCCCCCCCCCCCCCCC. The highest BCUT2D eigenvalue weighted by Gasteiger charge is 2.44. The monoisotopic (exact) mass is 1210 g/mol. The van der Waals surface area contributed by atoms with E-state index in [1.54, 1.807) is 6.08 Å². The van der Waals surface area contributed by atoms with Crippen molar-refractivity contribution in [3.05, 3.63) is 48.6 Å². The third kappa shape index (κ3) is 53.9. The fraction of sp³-hybridized carbons (Fsp3) is 0.883. The molecule has 1 rings (SSSR count). The Hall–Kier alpha value is -1.85. The minimum atomic E-state index is -1.57. The highest BCUT2D eigenvalue weighted by Crippen LogP contribution is 2.24. The molecule has 0 bridgehead atoms. The number of aliphatic hydroxyl groups excluding tert-OH is 5. The summed E-state index contributed by atoms with van der Waals surface area (Å²) in [6, 6.07) is -0.807. The van der Waals surface area contributed by atoms with E-state index in [1.165, 1.54) is 308 Å². The van der Waals surface area contributed by atoms with Gasteiger partial charge in [-0.25, -0.2) is 0 Å². The molecule has 0 aromatic carbocycles. The summed E-state index contributed by atoms with van der Waals surface area (Å²) in [6.07, 6.45) is 83.8. The molecule has 7 atom stereocenters. The maximum absolute atomic E-state index is 13.2. The van der Waals surface area contributed by atoms with Gasteiger partial charge in [0.2, 0.25) is 5.91 Å². The van der Waals surface area contributed by atoms with Crippen molar-refractivity contribution in [2.75, 3.05) is 13.2 Å². The number of amides is 1. The fourth-order valence-corrected chi connectivity index (χ4v) is 12.2. The van der Waals surface area contributed by atoms with Crippen molar-refractivity contribution in [1.29, 1.82) is 0 Å². The smallest absolute Gasteiger partial charge is 0.220 e. The first-order chi connectivity index (χ1) is 42.3. The molecule has 0 aliphatic carbocycles. The molecule has 1 amide bonds. The number of carbonyl (C=O) groups excluding carboxylic acids is 1. The maximum Gasteiger partial charge on any atom is 0.220 e. The summed E-state index contributed by atoms with van der Waals surface area (Å²) >= 11 is 0. The Morgan fingerprint density at radius 3 is 1.01 bits per heavy atom. The molecule has 1 aliphatic rings. The first kappa shape index (κ1) is 82.2. The molecular formula is C77H145NO8. The summed E-state index contributed by atoms with van der Waals surface area (Å²) in [7, 11) is 0. The van der Waals surface area contributed by atoms with Crippen LogP contribution in [0.2, 0.25) is 0 Å². The second-order valence-corrected chi connectivity index (χ2v) is 26.4. The van der Waals surface area contributed by atoms with E-state index in [1.807, 2.05) is 6.08 Å². The number of aliphatic hydroxyl groups is 5. The Labute approximate surface area is 533 Å². The van der Waals surface area contributed by atoms with Crippen LogP contribution in [0.5, 0.6) is 0 Å². The average Bonchev–Trinajstić information content (AvgIpc) is 2.60. The van der Waals surface area contributed by atoms with E-state index < -0.39 is 49.5 Å². The molecular weight excluding hydrogens is 1070 g/mol. The van der Waals surface area contributed by atoms with Crippen LogP contribution in [0, 0.1) is 0 Å². The molecule has 0 radical (unpaired) electrons. The average molecular weight is 1210 g/mol. The largest absolute Gasteiger partial charge is 0.394 e. The van der Waals surface area contributed by atoms with Gasteiger partial charge < -0.3 is 40.3 Å². The van der Waals surface area contributed by atoms with Gasteiger partial charge in [0.15, 0.2) is 6.29 Å². The van der Waals surface area contributed by atoms with Crippen molar-refractivity contribution in [3.63, 3.8) is 0 Å². The first-order valence-electron chi connectivity index (χ1n) is 37.9. The molecule has 0 aromatic rings. The van der Waals surface area contributed by atoms with Crippen LogP contribution in [0.1, 0.15) is 380 Å². The lowest BCUT2D eigenvalue weighted by Gasteiger charge is -2.40. The van der Waals surface area contributed by atoms with Crippen LogP contribution in [0.3, 0.4) is 0 Å². The van der Waals surface area contributed by atoms with E-state index in [-0.39, 0.29) is 12.5 Å². The minimum Gasteiger partial charge on any atom is -0.394 e. The highest BCUT2D eigenvalue weighted by molar-refractivity contribution is 5.76. The Morgan fingerprint density at radius 1 is 0.395 bits per heavy atom. The second kappa shape index (κ2) is 66.1. The van der Waals surface area contributed by atoms with E-state index in [0.29, 0.717) is 6.42 Å². The van der Waals surface area contributed by atoms with E-state index in [9.17, 15) is 30.3 Å². The van der Waals surface area contributed by atoms with E-state index in [4.69, 9.17) is 9.47 Å². The maximum atomic E-state index is 13.2. The van der Waals surface area contributed by atoms with Crippen LogP contribution in [0.4, 0.5) is 0 Å². The summed E-state index contributed by atoms with van der Waals surface area (Å²) < 4.78 is 11.3. The van der Waals surface area contributed by atoms with Gasteiger partial charge in [-0.05, 0) is 57.8 Å². The summed E-state index contributed by atoms with van der Waals surface area (Å²) in [5.74, 6) is -0.170. The molecule has 7 unspecified atom stereocenters. The molecule has 1 fully saturated rings. The van der Waals surface area contributed by atoms with Gasteiger partial charge >= 0.3 is 0 Å². The Balaban J connectivity index is 2.10. The molecule has 9 heteroatoms. The van der Waals surface area contributed by atoms with Crippen molar-refractivity contribution < 1.29 is 39.8 Å². The molecule has 9 nitrogen and oxygen atoms in total. The second-order valence-electron chi connectivity index (χ2n) is 26.4. The van der Waals surface area contributed by atoms with Crippen LogP contribution >= 0.6 is 0 Å². The quantitative estimate of drug-likeness (QED) is 0.0261. The van der Waals surface area contributed by atoms with Gasteiger partial charge in [0.1, 0.15) is 24.4 Å². The molecule has 0 spiro atoms. The topological polar surface area (TPSA) is 149 Å².